The summed E-state index contributed by atoms with van der Waals surface area (Å²) < 4.78 is 11.1. The van der Waals surface area contributed by atoms with Gasteiger partial charge in [0.15, 0.2) is 0 Å². The molecule has 1 saturated carbocycles. The number of likely N-dealkylation sites (tertiary alicyclic amines) is 1. The lowest BCUT2D eigenvalue weighted by Crippen LogP contribution is -2.51. The zero-order chi connectivity index (χ0) is 14.5. The molecule has 3 fully saturated rings. The summed E-state index contributed by atoms with van der Waals surface area (Å²) in [5, 5.41) is 3.01. The molecule has 5 nitrogen and oxygen atoms in total. The number of nitrogens with zero attached hydrogens (tertiary/aromatic N) is 1. The molecule has 1 aliphatic carbocycles. The normalized spacial score (nSPS) is 32.2. The summed E-state index contributed by atoms with van der Waals surface area (Å²) in [6.07, 6.45) is 8.74. The third-order valence-corrected chi connectivity index (χ3v) is 5.10. The lowest BCUT2D eigenvalue weighted by molar-refractivity contribution is 0.0183. The molecule has 3 unspecified atom stereocenters. The predicted molar refractivity (Wildman–Crippen MR) is 80.3 cm³/mol. The first-order valence-corrected chi connectivity index (χ1v) is 8.58. The van der Waals surface area contributed by atoms with Gasteiger partial charge in [0.25, 0.3) is 0 Å². The van der Waals surface area contributed by atoms with Gasteiger partial charge in [0.1, 0.15) is 0 Å². The fraction of sp³-hybridized carbons (Fsp3) is 0.938. The summed E-state index contributed by atoms with van der Waals surface area (Å²) in [6.45, 7) is 3.61. The average molecular weight is 296 g/mol. The van der Waals surface area contributed by atoms with Gasteiger partial charge in [-0.25, -0.2) is 4.79 Å². The topological polar surface area (TPSA) is 50.8 Å². The molecule has 5 heteroatoms. The number of amides is 2. The molecule has 0 spiro atoms. The second-order valence-corrected chi connectivity index (χ2v) is 6.54. The van der Waals surface area contributed by atoms with Crippen molar-refractivity contribution >= 4 is 6.03 Å². The monoisotopic (exact) mass is 296 g/mol. The van der Waals surface area contributed by atoms with E-state index in [0.717, 1.165) is 38.3 Å². The van der Waals surface area contributed by atoms with Crippen molar-refractivity contribution in [2.45, 2.75) is 57.1 Å². The van der Waals surface area contributed by atoms with Crippen LogP contribution in [0.15, 0.2) is 0 Å². The van der Waals surface area contributed by atoms with E-state index in [1.165, 1.54) is 25.7 Å². The van der Waals surface area contributed by atoms with Gasteiger partial charge in [-0.2, -0.15) is 0 Å². The van der Waals surface area contributed by atoms with Crippen molar-refractivity contribution in [3.05, 3.63) is 0 Å². The Labute approximate surface area is 127 Å². The highest BCUT2D eigenvalue weighted by atomic mass is 16.5. The van der Waals surface area contributed by atoms with Crippen molar-refractivity contribution in [2.75, 3.05) is 32.9 Å². The molecule has 2 heterocycles. The summed E-state index contributed by atoms with van der Waals surface area (Å²) in [5.41, 5.74) is 0. The molecule has 2 amide bonds. The predicted octanol–water partition coefficient (Wildman–Crippen LogP) is 2.16. The number of carbonyl (C=O) groups excluding carboxylic acids is 1. The summed E-state index contributed by atoms with van der Waals surface area (Å²) in [5.74, 6) is 0.750. The van der Waals surface area contributed by atoms with Crippen LogP contribution in [0.3, 0.4) is 0 Å². The largest absolute Gasteiger partial charge is 0.377 e. The van der Waals surface area contributed by atoms with Gasteiger partial charge >= 0.3 is 6.03 Å². The van der Waals surface area contributed by atoms with Crippen LogP contribution in [-0.2, 0) is 9.47 Å². The number of carbonyl (C=O) groups is 1. The molecule has 2 aliphatic heterocycles. The second kappa shape index (κ2) is 7.45. The Morgan fingerprint density at radius 2 is 2.10 bits per heavy atom. The number of nitrogens with one attached hydrogen (secondary N) is 1. The fourth-order valence-corrected chi connectivity index (χ4v) is 4.03. The SMILES string of the molecule is O=C(NCCOCC1CCCO1)N1CCCC2CCCC21. The molecule has 3 atom stereocenters. The van der Waals surface area contributed by atoms with E-state index in [9.17, 15) is 4.79 Å². The van der Waals surface area contributed by atoms with Crippen LogP contribution in [0.1, 0.15) is 44.9 Å². The van der Waals surface area contributed by atoms with E-state index < -0.39 is 0 Å². The minimum absolute atomic E-state index is 0.104. The molecular weight excluding hydrogens is 268 g/mol. The van der Waals surface area contributed by atoms with E-state index in [1.54, 1.807) is 0 Å². The van der Waals surface area contributed by atoms with E-state index in [4.69, 9.17) is 9.47 Å². The maximum atomic E-state index is 12.3. The number of rotatable bonds is 5. The van der Waals surface area contributed by atoms with Crippen molar-refractivity contribution in [2.24, 2.45) is 5.92 Å². The maximum absolute atomic E-state index is 12.3. The van der Waals surface area contributed by atoms with Crippen LogP contribution in [-0.4, -0.2) is 56.0 Å². The Morgan fingerprint density at radius 3 is 2.95 bits per heavy atom. The third-order valence-electron chi connectivity index (χ3n) is 5.10. The van der Waals surface area contributed by atoms with Gasteiger partial charge < -0.3 is 19.7 Å². The highest BCUT2D eigenvalue weighted by Crippen LogP contribution is 2.36. The molecule has 2 saturated heterocycles. The molecule has 120 valence electrons. The molecule has 0 bridgehead atoms. The van der Waals surface area contributed by atoms with E-state index in [-0.39, 0.29) is 12.1 Å². The standard InChI is InChI=1S/C16H28N2O3/c19-16(17-8-11-20-12-14-6-3-10-21-14)18-9-2-5-13-4-1-7-15(13)18/h13-15H,1-12H2,(H,17,19). The molecule has 0 aromatic heterocycles. The van der Waals surface area contributed by atoms with Crippen molar-refractivity contribution in [3.63, 3.8) is 0 Å². The Kier molecular flexibility index (Phi) is 5.36. The number of ether oxygens (including phenoxy) is 2. The Bertz CT molecular complexity index is 344. The molecule has 3 aliphatic rings. The molecule has 3 rings (SSSR count). The van der Waals surface area contributed by atoms with E-state index in [1.807, 2.05) is 0 Å². The number of fused-ring (bicyclic) bond motifs is 1. The van der Waals surface area contributed by atoms with Crippen molar-refractivity contribution < 1.29 is 14.3 Å². The summed E-state index contributed by atoms with van der Waals surface area (Å²) in [6, 6.07) is 0.596. The van der Waals surface area contributed by atoms with Crippen molar-refractivity contribution in [1.29, 1.82) is 0 Å². The molecule has 1 N–H and O–H groups in total. The smallest absolute Gasteiger partial charge is 0.317 e. The number of urea groups is 1. The molecular formula is C16H28N2O3. The Hall–Kier alpha value is -0.810. The average Bonchev–Trinajstić information content (AvgIpc) is 3.17. The third kappa shape index (κ3) is 3.89. The van der Waals surface area contributed by atoms with Gasteiger partial charge in [-0.05, 0) is 44.4 Å². The van der Waals surface area contributed by atoms with E-state index >= 15 is 0 Å². The minimum atomic E-state index is 0.104. The van der Waals surface area contributed by atoms with Gasteiger partial charge in [-0.1, -0.05) is 6.42 Å². The molecule has 21 heavy (non-hydrogen) atoms. The van der Waals surface area contributed by atoms with Crippen LogP contribution in [0.4, 0.5) is 4.79 Å². The van der Waals surface area contributed by atoms with Gasteiger partial charge in [0.2, 0.25) is 0 Å². The molecule has 0 aromatic carbocycles. The van der Waals surface area contributed by atoms with Crippen LogP contribution in [0.25, 0.3) is 0 Å². The zero-order valence-electron chi connectivity index (χ0n) is 12.9. The van der Waals surface area contributed by atoms with Crippen LogP contribution in [0.2, 0.25) is 0 Å². The maximum Gasteiger partial charge on any atom is 0.317 e. The van der Waals surface area contributed by atoms with E-state index in [2.05, 4.69) is 10.2 Å². The molecule has 0 radical (unpaired) electrons. The summed E-state index contributed by atoms with van der Waals surface area (Å²) in [7, 11) is 0. The second-order valence-electron chi connectivity index (χ2n) is 6.54. The summed E-state index contributed by atoms with van der Waals surface area (Å²) >= 11 is 0. The first kappa shape index (κ1) is 15.1. The van der Waals surface area contributed by atoms with Gasteiger partial charge in [0, 0.05) is 25.7 Å². The van der Waals surface area contributed by atoms with Gasteiger partial charge in [0.05, 0.1) is 19.3 Å². The Balaban J connectivity index is 1.32. The first-order chi connectivity index (χ1) is 10.3. The van der Waals surface area contributed by atoms with Crippen LogP contribution >= 0.6 is 0 Å². The van der Waals surface area contributed by atoms with Crippen LogP contribution in [0, 0.1) is 5.92 Å². The van der Waals surface area contributed by atoms with Crippen LogP contribution < -0.4 is 5.32 Å². The molecule has 0 aromatic rings. The lowest BCUT2D eigenvalue weighted by atomic mass is 9.92. The number of piperidine rings is 1. The fourth-order valence-electron chi connectivity index (χ4n) is 4.03. The number of hydrogen-bond acceptors (Lipinski definition) is 3. The first-order valence-electron chi connectivity index (χ1n) is 8.58. The quantitative estimate of drug-likeness (QED) is 0.791. The van der Waals surface area contributed by atoms with Crippen molar-refractivity contribution in [1.82, 2.24) is 10.2 Å². The summed E-state index contributed by atoms with van der Waals surface area (Å²) in [4.78, 5) is 14.4. The zero-order valence-corrected chi connectivity index (χ0v) is 12.9. The van der Waals surface area contributed by atoms with Gasteiger partial charge in [-0.3, -0.25) is 0 Å². The Morgan fingerprint density at radius 1 is 1.19 bits per heavy atom. The highest BCUT2D eigenvalue weighted by molar-refractivity contribution is 5.74. The van der Waals surface area contributed by atoms with Crippen molar-refractivity contribution in [3.8, 4) is 0 Å². The lowest BCUT2D eigenvalue weighted by Gasteiger charge is -2.37. The van der Waals surface area contributed by atoms with Crippen LogP contribution in [0.5, 0.6) is 0 Å². The van der Waals surface area contributed by atoms with Gasteiger partial charge in [-0.15, -0.1) is 0 Å². The van der Waals surface area contributed by atoms with E-state index in [0.29, 0.717) is 25.8 Å². The number of hydrogen-bond donors (Lipinski definition) is 1. The minimum Gasteiger partial charge on any atom is -0.377 e. The highest BCUT2D eigenvalue weighted by Gasteiger charge is 2.37.